The SMILES string of the molecule is [N-]=[N+]=NCCOCCOCCOCCOCCOCCOCCOCCOCCNC(=O)COCC(=O)Nc1ccc(CO)cc1. The highest BCUT2D eigenvalue weighted by molar-refractivity contribution is 5.91. The third kappa shape index (κ3) is 27.4. The van der Waals surface area contributed by atoms with Crippen LogP contribution < -0.4 is 10.6 Å². The number of carbonyl (C=O) groups excluding carboxylic acids is 2. The highest BCUT2D eigenvalue weighted by atomic mass is 16.6. The molecule has 2 amide bonds. The summed E-state index contributed by atoms with van der Waals surface area (Å²) in [6, 6.07) is 6.75. The van der Waals surface area contributed by atoms with Gasteiger partial charge in [-0.25, -0.2) is 0 Å². The minimum atomic E-state index is -0.383. The van der Waals surface area contributed by atoms with Gasteiger partial charge < -0.3 is 58.4 Å². The molecule has 0 saturated carbocycles. The summed E-state index contributed by atoms with van der Waals surface area (Å²) in [5, 5.41) is 17.7. The lowest BCUT2D eigenvalue weighted by atomic mass is 10.2. The number of anilines is 1. The number of benzene rings is 1. The van der Waals surface area contributed by atoms with Crippen molar-refractivity contribution in [1.82, 2.24) is 5.32 Å². The number of nitrogens with one attached hydrogen (secondary N) is 2. The fourth-order valence-corrected chi connectivity index (χ4v) is 3.23. The molecule has 0 unspecified atom stereocenters. The Kier molecular flexibility index (Phi) is 28.6. The monoisotopic (exact) mass is 659 g/mol. The van der Waals surface area contributed by atoms with Crippen LogP contribution in [0.2, 0.25) is 0 Å². The molecule has 0 aliphatic heterocycles. The van der Waals surface area contributed by atoms with Crippen LogP contribution in [0.25, 0.3) is 10.4 Å². The third-order valence-corrected chi connectivity index (χ3v) is 5.46. The first-order valence-electron chi connectivity index (χ1n) is 15.1. The maximum absolute atomic E-state index is 11.9. The number of aliphatic hydroxyl groups is 1. The van der Waals surface area contributed by atoms with Crippen LogP contribution in [0.3, 0.4) is 0 Å². The van der Waals surface area contributed by atoms with Crippen molar-refractivity contribution in [3.8, 4) is 0 Å². The summed E-state index contributed by atoms with van der Waals surface area (Å²) >= 11 is 0. The van der Waals surface area contributed by atoms with E-state index in [0.717, 1.165) is 5.56 Å². The molecule has 0 heterocycles. The molecule has 1 rings (SSSR count). The number of ether oxygens (including phenoxy) is 9. The number of amides is 2. The summed E-state index contributed by atoms with van der Waals surface area (Å²) < 4.78 is 48.2. The topological polar surface area (TPSA) is 210 Å². The van der Waals surface area contributed by atoms with Crippen LogP contribution >= 0.6 is 0 Å². The largest absolute Gasteiger partial charge is 0.392 e. The van der Waals surface area contributed by atoms with E-state index in [2.05, 4.69) is 20.7 Å². The van der Waals surface area contributed by atoms with Gasteiger partial charge in [0.25, 0.3) is 0 Å². The Morgan fingerprint density at radius 2 is 1.02 bits per heavy atom. The molecule has 0 atom stereocenters. The molecule has 0 aliphatic rings. The zero-order valence-corrected chi connectivity index (χ0v) is 26.4. The van der Waals surface area contributed by atoms with Gasteiger partial charge >= 0.3 is 0 Å². The van der Waals surface area contributed by atoms with Crippen LogP contribution in [0, 0.1) is 0 Å². The molecule has 0 spiro atoms. The van der Waals surface area contributed by atoms with Gasteiger partial charge in [-0.2, -0.15) is 0 Å². The lowest BCUT2D eigenvalue weighted by molar-refractivity contribution is -0.128. The molecule has 0 saturated heterocycles. The molecule has 0 aromatic heterocycles. The van der Waals surface area contributed by atoms with Crippen molar-refractivity contribution in [3.63, 3.8) is 0 Å². The number of azide groups is 1. The van der Waals surface area contributed by atoms with Gasteiger partial charge in [0, 0.05) is 23.7 Å². The second-order valence-corrected chi connectivity index (χ2v) is 9.10. The predicted octanol–water partition coefficient (Wildman–Crippen LogP) is 0.693. The fourth-order valence-electron chi connectivity index (χ4n) is 3.23. The molecule has 262 valence electrons. The van der Waals surface area contributed by atoms with Crippen LogP contribution in [-0.2, 0) is 58.8 Å². The zero-order chi connectivity index (χ0) is 33.2. The molecule has 1 aromatic rings. The van der Waals surface area contributed by atoms with Gasteiger partial charge in [0.1, 0.15) is 13.2 Å². The van der Waals surface area contributed by atoms with Crippen molar-refractivity contribution in [1.29, 1.82) is 0 Å². The first kappa shape index (κ1) is 41.1. The second kappa shape index (κ2) is 32.0. The Morgan fingerprint density at radius 3 is 1.46 bits per heavy atom. The van der Waals surface area contributed by atoms with Crippen LogP contribution in [0.15, 0.2) is 29.4 Å². The summed E-state index contributed by atoms with van der Waals surface area (Å²) in [4.78, 5) is 26.3. The average Bonchev–Trinajstić information content (AvgIpc) is 3.06. The second-order valence-electron chi connectivity index (χ2n) is 9.10. The van der Waals surface area contributed by atoms with Crippen LogP contribution in [-0.4, -0.2) is 149 Å². The first-order valence-corrected chi connectivity index (χ1v) is 15.1. The molecule has 46 heavy (non-hydrogen) atoms. The van der Waals surface area contributed by atoms with E-state index in [9.17, 15) is 9.59 Å². The van der Waals surface area contributed by atoms with Crippen LogP contribution in [0.5, 0.6) is 0 Å². The smallest absolute Gasteiger partial charge is 0.250 e. The number of rotatable bonds is 33. The highest BCUT2D eigenvalue weighted by Crippen LogP contribution is 2.09. The van der Waals surface area contributed by atoms with E-state index in [1.165, 1.54) is 0 Å². The lowest BCUT2D eigenvalue weighted by Gasteiger charge is -2.09. The first-order chi connectivity index (χ1) is 22.7. The van der Waals surface area contributed by atoms with Gasteiger partial charge in [-0.15, -0.1) is 0 Å². The summed E-state index contributed by atoms with van der Waals surface area (Å²) in [5.41, 5.74) is 9.45. The normalized spacial score (nSPS) is 10.9. The Bertz CT molecular complexity index is 922. The molecule has 17 nitrogen and oxygen atoms in total. The average molecular weight is 660 g/mol. The van der Waals surface area contributed by atoms with E-state index in [0.29, 0.717) is 124 Å². The van der Waals surface area contributed by atoms with Gasteiger partial charge in [-0.3, -0.25) is 9.59 Å². The Hall–Kier alpha value is -2.93. The summed E-state index contributed by atoms with van der Waals surface area (Å²) in [7, 11) is 0. The van der Waals surface area contributed by atoms with Crippen molar-refractivity contribution in [2.24, 2.45) is 5.11 Å². The molecule has 0 bridgehead atoms. The molecular formula is C29H49N5O12. The standard InChI is InChI=1S/C29H49N5O12/c30-34-32-6-8-39-10-12-41-14-16-43-18-20-45-22-21-44-19-17-42-15-13-40-11-9-38-7-5-31-28(36)24-46-25-29(37)33-27-3-1-26(23-35)2-4-27/h1-4,35H,5-25H2,(H,31,36)(H,33,37). The Morgan fingerprint density at radius 1 is 0.609 bits per heavy atom. The maximum atomic E-state index is 11.9. The number of hydrogen-bond donors (Lipinski definition) is 3. The third-order valence-electron chi connectivity index (χ3n) is 5.46. The van der Waals surface area contributed by atoms with Crippen molar-refractivity contribution >= 4 is 17.5 Å². The molecule has 0 fully saturated rings. The minimum Gasteiger partial charge on any atom is -0.392 e. The highest BCUT2D eigenvalue weighted by Gasteiger charge is 2.06. The van der Waals surface area contributed by atoms with Gasteiger partial charge in [-0.05, 0) is 23.2 Å². The van der Waals surface area contributed by atoms with Crippen molar-refractivity contribution in [2.45, 2.75) is 6.61 Å². The van der Waals surface area contributed by atoms with E-state index >= 15 is 0 Å². The van der Waals surface area contributed by atoms with Gasteiger partial charge in [0.05, 0.1) is 112 Å². The van der Waals surface area contributed by atoms with Crippen molar-refractivity contribution in [2.75, 3.05) is 137 Å². The Balaban J connectivity index is 1.72. The molecular weight excluding hydrogens is 610 g/mol. The maximum Gasteiger partial charge on any atom is 0.250 e. The minimum absolute atomic E-state index is 0.0713. The predicted molar refractivity (Wildman–Crippen MR) is 165 cm³/mol. The van der Waals surface area contributed by atoms with E-state index in [-0.39, 0.29) is 31.6 Å². The number of hydrogen-bond acceptors (Lipinski definition) is 13. The fraction of sp³-hybridized carbons (Fsp3) is 0.724. The summed E-state index contributed by atoms with van der Waals surface area (Å²) in [6.07, 6.45) is 0. The lowest BCUT2D eigenvalue weighted by Crippen LogP contribution is -2.32. The van der Waals surface area contributed by atoms with Crippen molar-refractivity contribution < 1.29 is 57.3 Å². The molecule has 1 aromatic carbocycles. The van der Waals surface area contributed by atoms with Gasteiger partial charge in [0.15, 0.2) is 0 Å². The van der Waals surface area contributed by atoms with Gasteiger partial charge in [-0.1, -0.05) is 17.2 Å². The quantitative estimate of drug-likeness (QED) is 0.0412. The number of aliphatic hydroxyl groups excluding tert-OH is 1. The van der Waals surface area contributed by atoms with Gasteiger partial charge in [0.2, 0.25) is 11.8 Å². The Labute approximate surface area is 269 Å². The summed E-state index contributed by atoms with van der Waals surface area (Å²) in [5.74, 6) is -0.732. The van der Waals surface area contributed by atoms with Crippen LogP contribution in [0.1, 0.15) is 5.56 Å². The van der Waals surface area contributed by atoms with E-state index in [1.807, 2.05) is 0 Å². The van der Waals surface area contributed by atoms with Crippen molar-refractivity contribution in [3.05, 3.63) is 40.3 Å². The zero-order valence-electron chi connectivity index (χ0n) is 26.4. The van der Waals surface area contributed by atoms with E-state index < -0.39 is 0 Å². The van der Waals surface area contributed by atoms with E-state index in [1.54, 1.807) is 24.3 Å². The van der Waals surface area contributed by atoms with E-state index in [4.69, 9.17) is 53.3 Å². The molecule has 0 radical (unpaired) electrons. The summed E-state index contributed by atoms with van der Waals surface area (Å²) in [6.45, 7) is 7.04. The number of carbonyl (C=O) groups is 2. The molecule has 0 aliphatic carbocycles. The molecule has 3 N–H and O–H groups in total. The molecule has 17 heteroatoms. The number of nitrogens with zero attached hydrogens (tertiary/aromatic N) is 3. The van der Waals surface area contributed by atoms with Crippen LogP contribution in [0.4, 0.5) is 5.69 Å².